The van der Waals surface area contributed by atoms with Gasteiger partial charge in [0.05, 0.1) is 16.7 Å². The Morgan fingerprint density at radius 3 is 2.38 bits per heavy atom. The maximum atomic E-state index is 12.4. The molecule has 0 aliphatic rings. The highest BCUT2D eigenvalue weighted by Crippen LogP contribution is 2.38. The summed E-state index contributed by atoms with van der Waals surface area (Å²) >= 11 is 5.42. The first kappa shape index (κ1) is 13.1. The minimum absolute atomic E-state index is 0.314. The van der Waals surface area contributed by atoms with E-state index in [1.54, 1.807) is 0 Å². The SMILES string of the molecule is NCC(O)c1cc(C(F)(F)F)cc(Cl)c1O. The Morgan fingerprint density at radius 1 is 1.38 bits per heavy atom. The fourth-order valence-electron chi connectivity index (χ4n) is 1.16. The molecule has 0 heterocycles. The van der Waals surface area contributed by atoms with Gasteiger partial charge < -0.3 is 15.9 Å². The van der Waals surface area contributed by atoms with Crippen LogP contribution >= 0.6 is 11.6 Å². The lowest BCUT2D eigenvalue weighted by atomic mass is 10.0. The van der Waals surface area contributed by atoms with Crippen LogP contribution in [0.4, 0.5) is 13.2 Å². The van der Waals surface area contributed by atoms with Gasteiger partial charge in [-0.15, -0.1) is 0 Å². The molecular weight excluding hydrogens is 247 g/mol. The van der Waals surface area contributed by atoms with E-state index in [-0.39, 0.29) is 12.1 Å². The average Bonchev–Trinajstić information content (AvgIpc) is 2.19. The van der Waals surface area contributed by atoms with Crippen molar-refractivity contribution in [3.8, 4) is 5.75 Å². The molecule has 0 amide bonds. The van der Waals surface area contributed by atoms with Gasteiger partial charge in [-0.1, -0.05) is 11.6 Å². The Labute approximate surface area is 94.3 Å². The highest BCUT2D eigenvalue weighted by molar-refractivity contribution is 6.32. The molecule has 0 fully saturated rings. The van der Waals surface area contributed by atoms with Gasteiger partial charge in [0.1, 0.15) is 5.75 Å². The third-order valence-electron chi connectivity index (χ3n) is 2.00. The van der Waals surface area contributed by atoms with E-state index in [9.17, 15) is 23.4 Å². The molecule has 0 aliphatic heterocycles. The lowest BCUT2D eigenvalue weighted by Gasteiger charge is -2.15. The van der Waals surface area contributed by atoms with Crippen LogP contribution in [-0.4, -0.2) is 16.8 Å². The van der Waals surface area contributed by atoms with Crippen LogP contribution in [0.2, 0.25) is 5.02 Å². The second kappa shape index (κ2) is 4.48. The number of phenolic OH excluding ortho intramolecular Hbond substituents is 1. The predicted octanol–water partition coefficient (Wildman–Crippen LogP) is 2.06. The number of nitrogens with two attached hydrogens (primary N) is 1. The Balaban J connectivity index is 3.33. The number of hydrogen-bond donors (Lipinski definition) is 3. The summed E-state index contributed by atoms with van der Waals surface area (Å²) < 4.78 is 37.2. The lowest BCUT2D eigenvalue weighted by Crippen LogP contribution is -2.13. The van der Waals surface area contributed by atoms with Gasteiger partial charge in [-0.3, -0.25) is 0 Å². The molecule has 0 aliphatic carbocycles. The van der Waals surface area contributed by atoms with Crippen LogP contribution in [0.3, 0.4) is 0 Å². The molecular formula is C9H9ClF3NO2. The van der Waals surface area contributed by atoms with E-state index in [0.29, 0.717) is 12.1 Å². The molecule has 0 aromatic heterocycles. The van der Waals surface area contributed by atoms with Crippen molar-refractivity contribution in [1.29, 1.82) is 0 Å². The zero-order valence-corrected chi connectivity index (χ0v) is 8.68. The number of hydrogen-bond acceptors (Lipinski definition) is 3. The predicted molar refractivity (Wildman–Crippen MR) is 52.1 cm³/mol. The molecule has 0 bridgehead atoms. The third-order valence-corrected chi connectivity index (χ3v) is 2.29. The maximum Gasteiger partial charge on any atom is 0.416 e. The van der Waals surface area contributed by atoms with Gasteiger partial charge in [-0.25, -0.2) is 0 Å². The monoisotopic (exact) mass is 255 g/mol. The van der Waals surface area contributed by atoms with E-state index in [1.165, 1.54) is 0 Å². The molecule has 90 valence electrons. The molecule has 1 aromatic rings. The first-order valence-electron chi connectivity index (χ1n) is 4.25. The van der Waals surface area contributed by atoms with Crippen LogP contribution < -0.4 is 5.73 Å². The summed E-state index contributed by atoms with van der Waals surface area (Å²) in [7, 11) is 0. The molecule has 16 heavy (non-hydrogen) atoms. The van der Waals surface area contributed by atoms with Crippen LogP contribution in [-0.2, 0) is 6.18 Å². The summed E-state index contributed by atoms with van der Waals surface area (Å²) in [6.45, 7) is -0.314. The molecule has 7 heteroatoms. The van der Waals surface area contributed by atoms with E-state index >= 15 is 0 Å². The minimum Gasteiger partial charge on any atom is -0.506 e. The van der Waals surface area contributed by atoms with Crippen molar-refractivity contribution in [2.45, 2.75) is 12.3 Å². The number of rotatable bonds is 2. The van der Waals surface area contributed by atoms with Crippen molar-refractivity contribution in [2.75, 3.05) is 6.54 Å². The second-order valence-corrected chi connectivity index (χ2v) is 3.55. The quantitative estimate of drug-likeness (QED) is 0.758. The topological polar surface area (TPSA) is 66.5 Å². The third kappa shape index (κ3) is 2.58. The summed E-state index contributed by atoms with van der Waals surface area (Å²) in [4.78, 5) is 0. The average molecular weight is 256 g/mol. The summed E-state index contributed by atoms with van der Waals surface area (Å²) in [6.07, 6.45) is -5.99. The summed E-state index contributed by atoms with van der Waals surface area (Å²) in [5, 5.41) is 18.2. The van der Waals surface area contributed by atoms with Crippen LogP contribution in [0, 0.1) is 0 Å². The van der Waals surface area contributed by atoms with Crippen LogP contribution in [0.5, 0.6) is 5.75 Å². The van der Waals surface area contributed by atoms with Gasteiger partial charge in [0.15, 0.2) is 0 Å². The Bertz CT molecular complexity index is 395. The number of aliphatic hydroxyl groups is 1. The van der Waals surface area contributed by atoms with Crippen molar-refractivity contribution >= 4 is 11.6 Å². The van der Waals surface area contributed by atoms with Crippen LogP contribution in [0.25, 0.3) is 0 Å². The van der Waals surface area contributed by atoms with Crippen molar-refractivity contribution in [3.63, 3.8) is 0 Å². The standard InChI is InChI=1S/C9H9ClF3NO2/c10-6-2-4(9(11,12)13)1-5(8(6)16)7(15)3-14/h1-2,7,15-16H,3,14H2. The molecule has 0 saturated carbocycles. The van der Waals surface area contributed by atoms with Gasteiger partial charge in [-0.05, 0) is 12.1 Å². The lowest BCUT2D eigenvalue weighted by molar-refractivity contribution is -0.137. The highest BCUT2D eigenvalue weighted by atomic mass is 35.5. The number of aromatic hydroxyl groups is 1. The van der Waals surface area contributed by atoms with Crippen LogP contribution in [0.15, 0.2) is 12.1 Å². The number of benzene rings is 1. The van der Waals surface area contributed by atoms with Crippen molar-refractivity contribution in [3.05, 3.63) is 28.3 Å². The van der Waals surface area contributed by atoms with Crippen LogP contribution in [0.1, 0.15) is 17.2 Å². The van der Waals surface area contributed by atoms with Gasteiger partial charge in [0.25, 0.3) is 0 Å². The van der Waals surface area contributed by atoms with E-state index in [2.05, 4.69) is 0 Å². The zero-order chi connectivity index (χ0) is 12.5. The normalized spacial score (nSPS) is 13.9. The van der Waals surface area contributed by atoms with E-state index < -0.39 is 28.6 Å². The van der Waals surface area contributed by atoms with E-state index in [4.69, 9.17) is 17.3 Å². The maximum absolute atomic E-state index is 12.4. The van der Waals surface area contributed by atoms with E-state index in [1.807, 2.05) is 0 Å². The van der Waals surface area contributed by atoms with Crippen molar-refractivity contribution in [1.82, 2.24) is 0 Å². The molecule has 0 spiro atoms. The zero-order valence-electron chi connectivity index (χ0n) is 7.92. The fraction of sp³-hybridized carbons (Fsp3) is 0.333. The summed E-state index contributed by atoms with van der Waals surface area (Å²) in [6, 6.07) is 1.21. The number of phenols is 1. The number of halogens is 4. The molecule has 0 radical (unpaired) electrons. The smallest absolute Gasteiger partial charge is 0.416 e. The largest absolute Gasteiger partial charge is 0.506 e. The molecule has 0 saturated heterocycles. The van der Waals surface area contributed by atoms with Gasteiger partial charge in [-0.2, -0.15) is 13.2 Å². The number of alkyl halides is 3. The molecule has 3 nitrogen and oxygen atoms in total. The Morgan fingerprint density at radius 2 is 1.94 bits per heavy atom. The van der Waals surface area contributed by atoms with Gasteiger partial charge in [0, 0.05) is 12.1 Å². The number of aliphatic hydroxyl groups excluding tert-OH is 1. The summed E-state index contributed by atoms with van der Waals surface area (Å²) in [5.74, 6) is -0.590. The molecule has 1 rings (SSSR count). The second-order valence-electron chi connectivity index (χ2n) is 3.15. The minimum atomic E-state index is -4.60. The van der Waals surface area contributed by atoms with Crippen molar-refractivity contribution in [2.24, 2.45) is 5.73 Å². The first-order chi connectivity index (χ1) is 7.27. The molecule has 4 N–H and O–H groups in total. The molecule has 1 aromatic carbocycles. The Kier molecular flexibility index (Phi) is 3.67. The van der Waals surface area contributed by atoms with E-state index in [0.717, 1.165) is 0 Å². The summed E-state index contributed by atoms with van der Waals surface area (Å²) in [5.41, 5.74) is 3.72. The molecule has 1 unspecified atom stereocenters. The fourth-order valence-corrected chi connectivity index (χ4v) is 1.39. The van der Waals surface area contributed by atoms with Gasteiger partial charge in [0.2, 0.25) is 0 Å². The Hall–Kier alpha value is -0.980. The first-order valence-corrected chi connectivity index (χ1v) is 4.63. The van der Waals surface area contributed by atoms with Crippen molar-refractivity contribution < 1.29 is 23.4 Å². The van der Waals surface area contributed by atoms with Gasteiger partial charge >= 0.3 is 6.18 Å². The highest BCUT2D eigenvalue weighted by Gasteiger charge is 2.32. The molecule has 1 atom stereocenters.